The van der Waals surface area contributed by atoms with Gasteiger partial charge in [-0.1, -0.05) is 0 Å². The van der Waals surface area contributed by atoms with Crippen molar-refractivity contribution in [3.8, 4) is 0 Å². The molecular formula is C9H10N2O2S. The first kappa shape index (κ1) is 10.7. The largest absolute Gasteiger partial charge is 0.464 e. The number of hydrogen-bond acceptors (Lipinski definition) is 5. The molecule has 0 atom stereocenters. The molecule has 4 nitrogen and oxygen atoms in total. The molecule has 0 aliphatic rings. The SMILES string of the molecule is C=Nc1cnc(C(=O)OC)cc1SC. The van der Waals surface area contributed by atoms with Crippen LogP contribution in [0.2, 0.25) is 0 Å². The predicted molar refractivity (Wildman–Crippen MR) is 56.6 cm³/mol. The summed E-state index contributed by atoms with van der Waals surface area (Å²) in [5, 5.41) is 0. The number of pyridine rings is 1. The molecule has 0 amide bonds. The van der Waals surface area contributed by atoms with Crippen molar-refractivity contribution in [3.63, 3.8) is 0 Å². The minimum atomic E-state index is -0.448. The number of aromatic nitrogens is 1. The molecule has 0 aromatic carbocycles. The van der Waals surface area contributed by atoms with Gasteiger partial charge in [0.1, 0.15) is 5.69 Å². The highest BCUT2D eigenvalue weighted by molar-refractivity contribution is 7.98. The highest BCUT2D eigenvalue weighted by Crippen LogP contribution is 2.27. The van der Waals surface area contributed by atoms with Crippen LogP contribution in [0.5, 0.6) is 0 Å². The number of carbonyl (C=O) groups is 1. The number of nitrogens with zero attached hydrogens (tertiary/aromatic N) is 2. The molecular weight excluding hydrogens is 200 g/mol. The van der Waals surface area contributed by atoms with Crippen molar-refractivity contribution in [2.45, 2.75) is 4.90 Å². The lowest BCUT2D eigenvalue weighted by Gasteiger charge is -2.03. The zero-order valence-electron chi connectivity index (χ0n) is 7.98. The van der Waals surface area contributed by atoms with Crippen LogP contribution >= 0.6 is 11.8 Å². The zero-order chi connectivity index (χ0) is 10.6. The van der Waals surface area contributed by atoms with E-state index in [4.69, 9.17) is 0 Å². The third-order valence-corrected chi connectivity index (χ3v) is 2.40. The van der Waals surface area contributed by atoms with Crippen molar-refractivity contribution in [1.82, 2.24) is 4.98 Å². The quantitative estimate of drug-likeness (QED) is 0.434. The Hall–Kier alpha value is -1.36. The maximum Gasteiger partial charge on any atom is 0.356 e. The average molecular weight is 210 g/mol. The summed E-state index contributed by atoms with van der Waals surface area (Å²) in [6.45, 7) is 3.41. The number of thioether (sulfide) groups is 1. The molecule has 0 N–H and O–H groups in total. The molecule has 5 heteroatoms. The summed E-state index contributed by atoms with van der Waals surface area (Å²) in [5.74, 6) is -0.448. The van der Waals surface area contributed by atoms with Gasteiger partial charge < -0.3 is 4.74 Å². The van der Waals surface area contributed by atoms with Crippen LogP contribution in [-0.4, -0.2) is 31.0 Å². The van der Waals surface area contributed by atoms with E-state index in [0.29, 0.717) is 5.69 Å². The second-order valence-corrected chi connectivity index (χ2v) is 3.24. The fourth-order valence-electron chi connectivity index (χ4n) is 0.928. The summed E-state index contributed by atoms with van der Waals surface area (Å²) in [5.41, 5.74) is 0.953. The van der Waals surface area contributed by atoms with E-state index < -0.39 is 5.97 Å². The average Bonchev–Trinajstić information content (AvgIpc) is 2.26. The van der Waals surface area contributed by atoms with Gasteiger partial charge in [-0.05, 0) is 19.0 Å². The number of ether oxygens (including phenoxy) is 1. The molecule has 0 radical (unpaired) electrons. The molecule has 1 rings (SSSR count). The van der Waals surface area contributed by atoms with Gasteiger partial charge in [0.2, 0.25) is 0 Å². The highest BCUT2D eigenvalue weighted by Gasteiger charge is 2.09. The molecule has 0 aliphatic carbocycles. The Morgan fingerprint density at radius 2 is 2.43 bits per heavy atom. The molecule has 0 saturated heterocycles. The zero-order valence-corrected chi connectivity index (χ0v) is 8.80. The van der Waals surface area contributed by atoms with E-state index in [0.717, 1.165) is 4.90 Å². The van der Waals surface area contributed by atoms with E-state index in [9.17, 15) is 4.79 Å². The van der Waals surface area contributed by atoms with Gasteiger partial charge in [-0.25, -0.2) is 9.78 Å². The topological polar surface area (TPSA) is 51.5 Å². The van der Waals surface area contributed by atoms with Gasteiger partial charge in [0, 0.05) is 4.90 Å². The summed E-state index contributed by atoms with van der Waals surface area (Å²) >= 11 is 1.48. The number of esters is 1. The number of aliphatic imine (C=N–C) groups is 1. The molecule has 0 unspecified atom stereocenters. The van der Waals surface area contributed by atoms with Crippen LogP contribution in [0.1, 0.15) is 10.5 Å². The Morgan fingerprint density at radius 3 is 2.93 bits per heavy atom. The maximum atomic E-state index is 11.1. The Labute approximate surface area is 86.4 Å². The second kappa shape index (κ2) is 4.76. The van der Waals surface area contributed by atoms with Gasteiger partial charge in [-0.2, -0.15) is 0 Å². The van der Waals surface area contributed by atoms with Crippen molar-refractivity contribution in [2.24, 2.45) is 4.99 Å². The van der Waals surface area contributed by atoms with Crippen LogP contribution in [0.3, 0.4) is 0 Å². The Morgan fingerprint density at radius 1 is 1.71 bits per heavy atom. The van der Waals surface area contributed by atoms with E-state index in [1.165, 1.54) is 25.1 Å². The van der Waals surface area contributed by atoms with Gasteiger partial charge in [0.25, 0.3) is 0 Å². The summed E-state index contributed by atoms with van der Waals surface area (Å²) in [6.07, 6.45) is 3.40. The third-order valence-electron chi connectivity index (χ3n) is 1.63. The Balaban J connectivity index is 3.13. The van der Waals surface area contributed by atoms with Crippen molar-refractivity contribution in [3.05, 3.63) is 18.0 Å². The minimum absolute atomic E-state index is 0.282. The van der Waals surface area contributed by atoms with E-state index in [-0.39, 0.29) is 5.69 Å². The van der Waals surface area contributed by atoms with Crippen LogP contribution in [-0.2, 0) is 4.74 Å². The van der Waals surface area contributed by atoms with Gasteiger partial charge in [-0.3, -0.25) is 4.99 Å². The van der Waals surface area contributed by atoms with Crippen LogP contribution in [0.15, 0.2) is 22.2 Å². The molecule has 0 bridgehead atoms. The highest BCUT2D eigenvalue weighted by atomic mass is 32.2. The smallest absolute Gasteiger partial charge is 0.356 e. The standard InChI is InChI=1S/C9H10N2O2S/c1-10-7-5-11-6(9(12)13-2)4-8(7)14-3/h4-5H,1H2,2-3H3. The summed E-state index contributed by atoms with van der Waals surface area (Å²) in [4.78, 5) is 19.7. The lowest BCUT2D eigenvalue weighted by molar-refractivity contribution is 0.0594. The first-order valence-electron chi connectivity index (χ1n) is 3.82. The lowest BCUT2D eigenvalue weighted by Crippen LogP contribution is -2.03. The lowest BCUT2D eigenvalue weighted by atomic mass is 10.3. The van der Waals surface area contributed by atoms with Crippen molar-refractivity contribution in [2.75, 3.05) is 13.4 Å². The predicted octanol–water partition coefficient (Wildman–Crippen LogP) is 1.92. The molecule has 1 aromatic rings. The number of methoxy groups -OCH3 is 1. The summed E-state index contributed by atoms with van der Waals surface area (Å²) in [7, 11) is 1.32. The molecule has 0 spiro atoms. The minimum Gasteiger partial charge on any atom is -0.464 e. The van der Waals surface area contributed by atoms with E-state index in [1.54, 1.807) is 6.07 Å². The van der Waals surface area contributed by atoms with Crippen molar-refractivity contribution in [1.29, 1.82) is 0 Å². The first-order chi connectivity index (χ1) is 6.72. The Kier molecular flexibility index (Phi) is 3.64. The van der Waals surface area contributed by atoms with Crippen LogP contribution in [0.25, 0.3) is 0 Å². The normalized spacial score (nSPS) is 9.57. The van der Waals surface area contributed by atoms with Gasteiger partial charge in [0.05, 0.1) is 19.0 Å². The molecule has 1 aromatic heterocycles. The number of hydrogen-bond donors (Lipinski definition) is 0. The monoisotopic (exact) mass is 210 g/mol. The van der Waals surface area contributed by atoms with E-state index in [1.807, 2.05) is 6.26 Å². The fraction of sp³-hybridized carbons (Fsp3) is 0.222. The Bertz CT molecular complexity index is 366. The number of carbonyl (C=O) groups excluding carboxylic acids is 1. The molecule has 0 fully saturated rings. The summed E-state index contributed by atoms with van der Waals surface area (Å²) in [6, 6.07) is 1.64. The van der Waals surface area contributed by atoms with E-state index >= 15 is 0 Å². The third kappa shape index (κ3) is 2.11. The maximum absolute atomic E-state index is 11.1. The summed E-state index contributed by atoms with van der Waals surface area (Å²) < 4.78 is 4.55. The van der Waals surface area contributed by atoms with Crippen LogP contribution < -0.4 is 0 Å². The van der Waals surface area contributed by atoms with Gasteiger partial charge in [-0.15, -0.1) is 11.8 Å². The van der Waals surface area contributed by atoms with Crippen LogP contribution in [0.4, 0.5) is 5.69 Å². The molecule has 0 aliphatic heterocycles. The van der Waals surface area contributed by atoms with Gasteiger partial charge >= 0.3 is 5.97 Å². The van der Waals surface area contributed by atoms with Crippen molar-refractivity contribution < 1.29 is 9.53 Å². The molecule has 1 heterocycles. The molecule has 74 valence electrons. The van der Waals surface area contributed by atoms with Gasteiger partial charge in [0.15, 0.2) is 0 Å². The fourth-order valence-corrected chi connectivity index (χ4v) is 1.48. The second-order valence-electron chi connectivity index (χ2n) is 2.39. The van der Waals surface area contributed by atoms with E-state index in [2.05, 4.69) is 21.4 Å². The molecule has 14 heavy (non-hydrogen) atoms. The van der Waals surface area contributed by atoms with Crippen LogP contribution in [0, 0.1) is 0 Å². The van der Waals surface area contributed by atoms with Crippen molar-refractivity contribution >= 4 is 30.1 Å². The first-order valence-corrected chi connectivity index (χ1v) is 5.04. The molecule has 0 saturated carbocycles. The number of rotatable bonds is 3.